The summed E-state index contributed by atoms with van der Waals surface area (Å²) in [5.74, 6) is 0.690. The molecule has 0 unspecified atom stereocenters. The van der Waals surface area contributed by atoms with Gasteiger partial charge in [-0.25, -0.2) is 0 Å². The van der Waals surface area contributed by atoms with Gasteiger partial charge in [0, 0.05) is 0 Å². The van der Waals surface area contributed by atoms with E-state index in [0.717, 1.165) is 6.42 Å². The molecule has 1 heteroatoms. The highest BCUT2D eigenvalue weighted by molar-refractivity contribution is 7.80. The van der Waals surface area contributed by atoms with E-state index in [0.29, 0.717) is 11.3 Å². The SMILES string of the molecule is C[C@H]1CC(C)(C)CC1=S. The maximum atomic E-state index is 5.19. The van der Waals surface area contributed by atoms with Gasteiger partial charge in [-0.15, -0.1) is 0 Å². The maximum Gasteiger partial charge on any atom is -0.00378 e. The van der Waals surface area contributed by atoms with E-state index in [1.54, 1.807) is 0 Å². The predicted molar refractivity (Wildman–Crippen MR) is 44.8 cm³/mol. The fraction of sp³-hybridized carbons (Fsp3) is 0.875. The molecule has 1 rings (SSSR count). The number of thiocarbonyl (C=S) groups is 1. The fourth-order valence-corrected chi connectivity index (χ4v) is 2.13. The van der Waals surface area contributed by atoms with Gasteiger partial charge in [0.1, 0.15) is 0 Å². The smallest absolute Gasteiger partial charge is 0.00378 e. The van der Waals surface area contributed by atoms with E-state index < -0.39 is 0 Å². The highest BCUT2D eigenvalue weighted by atomic mass is 32.1. The van der Waals surface area contributed by atoms with Crippen LogP contribution >= 0.6 is 12.2 Å². The normalized spacial score (nSPS) is 33.2. The molecule has 0 radical (unpaired) electrons. The summed E-state index contributed by atoms with van der Waals surface area (Å²) in [7, 11) is 0. The molecule has 0 N–H and O–H groups in total. The molecule has 0 bridgehead atoms. The molecular formula is C8H14S. The quantitative estimate of drug-likeness (QED) is 0.469. The largest absolute Gasteiger partial charge is 0.0894 e. The Kier molecular flexibility index (Phi) is 1.64. The zero-order valence-electron chi connectivity index (χ0n) is 6.40. The van der Waals surface area contributed by atoms with Crippen LogP contribution in [0, 0.1) is 11.3 Å². The van der Waals surface area contributed by atoms with E-state index in [1.165, 1.54) is 11.3 Å². The van der Waals surface area contributed by atoms with Crippen molar-refractivity contribution in [1.82, 2.24) is 0 Å². The van der Waals surface area contributed by atoms with Crippen molar-refractivity contribution >= 4 is 17.1 Å². The van der Waals surface area contributed by atoms with Gasteiger partial charge in [-0.3, -0.25) is 0 Å². The summed E-state index contributed by atoms with van der Waals surface area (Å²) < 4.78 is 0. The van der Waals surface area contributed by atoms with Crippen LogP contribution < -0.4 is 0 Å². The first-order chi connectivity index (χ1) is 4.01. The Morgan fingerprint density at radius 1 is 1.56 bits per heavy atom. The molecule has 1 aliphatic carbocycles. The van der Waals surface area contributed by atoms with Crippen LogP contribution in [0.5, 0.6) is 0 Å². The monoisotopic (exact) mass is 142 g/mol. The van der Waals surface area contributed by atoms with Gasteiger partial charge in [0.2, 0.25) is 0 Å². The van der Waals surface area contributed by atoms with Crippen molar-refractivity contribution in [1.29, 1.82) is 0 Å². The highest BCUT2D eigenvalue weighted by Crippen LogP contribution is 2.38. The van der Waals surface area contributed by atoms with Crippen molar-refractivity contribution in [2.75, 3.05) is 0 Å². The molecule has 0 aromatic carbocycles. The lowest BCUT2D eigenvalue weighted by Crippen LogP contribution is -2.03. The molecule has 9 heavy (non-hydrogen) atoms. The summed E-state index contributed by atoms with van der Waals surface area (Å²) in [6.45, 7) is 6.82. The lowest BCUT2D eigenvalue weighted by Gasteiger charge is -2.14. The van der Waals surface area contributed by atoms with Gasteiger partial charge < -0.3 is 0 Å². The fourth-order valence-electron chi connectivity index (χ4n) is 1.66. The van der Waals surface area contributed by atoms with E-state index in [1.807, 2.05) is 0 Å². The van der Waals surface area contributed by atoms with Gasteiger partial charge in [0.15, 0.2) is 0 Å². The molecule has 0 heterocycles. The van der Waals surface area contributed by atoms with Gasteiger partial charge in [0.05, 0.1) is 0 Å². The summed E-state index contributed by atoms with van der Waals surface area (Å²) in [4.78, 5) is 1.28. The Morgan fingerprint density at radius 3 is 2.22 bits per heavy atom. The first-order valence-electron chi connectivity index (χ1n) is 3.54. The van der Waals surface area contributed by atoms with E-state index in [4.69, 9.17) is 12.2 Å². The highest BCUT2D eigenvalue weighted by Gasteiger charge is 2.31. The van der Waals surface area contributed by atoms with Crippen molar-refractivity contribution < 1.29 is 0 Å². The number of hydrogen-bond acceptors (Lipinski definition) is 1. The van der Waals surface area contributed by atoms with E-state index in [9.17, 15) is 0 Å². The minimum atomic E-state index is 0.497. The molecule has 0 aromatic heterocycles. The number of rotatable bonds is 0. The summed E-state index contributed by atoms with van der Waals surface area (Å²) in [5, 5.41) is 0. The predicted octanol–water partition coefficient (Wildman–Crippen LogP) is 2.81. The third kappa shape index (κ3) is 1.51. The molecule has 1 aliphatic rings. The Balaban J connectivity index is 2.65. The average molecular weight is 142 g/mol. The van der Waals surface area contributed by atoms with Crippen molar-refractivity contribution in [2.45, 2.75) is 33.6 Å². The van der Waals surface area contributed by atoms with Crippen molar-refractivity contribution in [3.8, 4) is 0 Å². The second kappa shape index (κ2) is 2.05. The molecule has 1 saturated carbocycles. The maximum absolute atomic E-state index is 5.19. The lowest BCUT2D eigenvalue weighted by molar-refractivity contribution is 0.368. The van der Waals surface area contributed by atoms with Crippen LogP contribution in [0.2, 0.25) is 0 Å². The van der Waals surface area contributed by atoms with Crippen LogP contribution in [-0.2, 0) is 0 Å². The minimum absolute atomic E-state index is 0.497. The first kappa shape index (κ1) is 7.20. The van der Waals surface area contributed by atoms with Gasteiger partial charge in [-0.05, 0) is 29.0 Å². The van der Waals surface area contributed by atoms with E-state index in [2.05, 4.69) is 20.8 Å². The Bertz CT molecular complexity index is 136. The molecule has 0 aromatic rings. The molecule has 0 spiro atoms. The van der Waals surface area contributed by atoms with Gasteiger partial charge in [-0.1, -0.05) is 33.0 Å². The van der Waals surface area contributed by atoms with Crippen LogP contribution in [-0.4, -0.2) is 4.86 Å². The lowest BCUT2D eigenvalue weighted by atomic mass is 9.91. The molecule has 52 valence electrons. The summed E-state index contributed by atoms with van der Waals surface area (Å²) in [6.07, 6.45) is 2.44. The summed E-state index contributed by atoms with van der Waals surface area (Å²) in [5.41, 5.74) is 0.497. The molecule has 0 amide bonds. The van der Waals surface area contributed by atoms with E-state index >= 15 is 0 Å². The zero-order chi connectivity index (χ0) is 7.07. The Hall–Kier alpha value is 0.0900. The van der Waals surface area contributed by atoms with Crippen LogP contribution in [0.1, 0.15) is 33.6 Å². The van der Waals surface area contributed by atoms with Crippen molar-refractivity contribution in [3.05, 3.63) is 0 Å². The van der Waals surface area contributed by atoms with Crippen molar-refractivity contribution in [3.63, 3.8) is 0 Å². The van der Waals surface area contributed by atoms with Gasteiger partial charge >= 0.3 is 0 Å². The third-order valence-electron chi connectivity index (χ3n) is 2.06. The van der Waals surface area contributed by atoms with Crippen molar-refractivity contribution in [2.24, 2.45) is 11.3 Å². The zero-order valence-corrected chi connectivity index (χ0v) is 7.22. The summed E-state index contributed by atoms with van der Waals surface area (Å²) >= 11 is 5.19. The molecule has 0 nitrogen and oxygen atoms in total. The Morgan fingerprint density at radius 2 is 2.11 bits per heavy atom. The van der Waals surface area contributed by atoms with Crippen LogP contribution in [0.25, 0.3) is 0 Å². The first-order valence-corrected chi connectivity index (χ1v) is 3.95. The number of hydrogen-bond donors (Lipinski definition) is 0. The topological polar surface area (TPSA) is 0 Å². The second-order valence-corrected chi connectivity index (χ2v) is 4.44. The molecule has 0 saturated heterocycles. The van der Waals surface area contributed by atoms with Crippen LogP contribution in [0.3, 0.4) is 0 Å². The summed E-state index contributed by atoms with van der Waals surface area (Å²) in [6, 6.07) is 0. The molecular weight excluding hydrogens is 128 g/mol. The Labute approximate surface area is 62.6 Å². The van der Waals surface area contributed by atoms with Crippen LogP contribution in [0.4, 0.5) is 0 Å². The molecule has 0 aliphatic heterocycles. The minimum Gasteiger partial charge on any atom is -0.0894 e. The van der Waals surface area contributed by atoms with Crippen LogP contribution in [0.15, 0.2) is 0 Å². The molecule has 1 atom stereocenters. The average Bonchev–Trinajstić information content (AvgIpc) is 1.79. The second-order valence-electron chi connectivity index (χ2n) is 3.91. The third-order valence-corrected chi connectivity index (χ3v) is 2.61. The van der Waals surface area contributed by atoms with E-state index in [-0.39, 0.29) is 0 Å². The molecule has 1 fully saturated rings. The standard InChI is InChI=1S/C8H14S/c1-6-4-8(2,3)5-7(6)9/h6H,4-5H2,1-3H3/t6-/m0/s1. The van der Waals surface area contributed by atoms with Gasteiger partial charge in [-0.2, -0.15) is 0 Å². The van der Waals surface area contributed by atoms with Gasteiger partial charge in [0.25, 0.3) is 0 Å².